The number of rotatable bonds is 6. The molecule has 0 bridgehead atoms. The third-order valence-corrected chi connectivity index (χ3v) is 4.96. The molecule has 1 amide bonds. The molecule has 25 heavy (non-hydrogen) atoms. The summed E-state index contributed by atoms with van der Waals surface area (Å²) in [6, 6.07) is 10.6. The molecule has 0 aliphatic rings. The Morgan fingerprint density at radius 2 is 2.00 bits per heavy atom. The van der Waals surface area contributed by atoms with E-state index in [-0.39, 0.29) is 17.7 Å². The van der Waals surface area contributed by atoms with Crippen LogP contribution in [0, 0.1) is 0 Å². The molecule has 2 heterocycles. The number of carbonyl (C=O) groups excluding carboxylic acids is 2. The number of benzene rings is 1. The normalized spacial score (nSPS) is 12.1. The number of ketones is 1. The van der Waals surface area contributed by atoms with Crippen LogP contribution in [0.4, 0.5) is 0 Å². The van der Waals surface area contributed by atoms with Gasteiger partial charge < -0.3 is 14.5 Å². The van der Waals surface area contributed by atoms with E-state index in [1.54, 1.807) is 12.1 Å². The number of hydrogen-bond donors (Lipinski definition) is 1. The van der Waals surface area contributed by atoms with Gasteiger partial charge >= 0.3 is 0 Å². The standard InChI is InChI=1S/C19H19NO4S/c1-4-23-14-7-5-6-13-10-15(24-18(13)14)11(2)20-19(22)17-9-8-16(25-17)12(3)21/h5-11H,4H2,1-3H3,(H,20,22). The van der Waals surface area contributed by atoms with E-state index in [9.17, 15) is 9.59 Å². The van der Waals surface area contributed by atoms with Gasteiger partial charge in [-0.3, -0.25) is 9.59 Å². The van der Waals surface area contributed by atoms with Gasteiger partial charge in [-0.1, -0.05) is 12.1 Å². The minimum Gasteiger partial charge on any atom is -0.490 e. The summed E-state index contributed by atoms with van der Waals surface area (Å²) in [5.74, 6) is 1.07. The van der Waals surface area contributed by atoms with Gasteiger partial charge in [0, 0.05) is 5.39 Å². The van der Waals surface area contributed by atoms with Crippen LogP contribution in [-0.2, 0) is 0 Å². The Hall–Kier alpha value is -2.60. The maximum absolute atomic E-state index is 12.4. The predicted octanol–water partition coefficient (Wildman–Crippen LogP) is 4.59. The maximum atomic E-state index is 12.4. The van der Waals surface area contributed by atoms with Crippen molar-refractivity contribution in [3.8, 4) is 5.75 Å². The fraction of sp³-hybridized carbons (Fsp3) is 0.263. The first-order chi connectivity index (χ1) is 12.0. The van der Waals surface area contributed by atoms with E-state index < -0.39 is 0 Å². The van der Waals surface area contributed by atoms with Crippen LogP contribution >= 0.6 is 11.3 Å². The van der Waals surface area contributed by atoms with Crippen LogP contribution in [0.15, 0.2) is 40.8 Å². The van der Waals surface area contributed by atoms with Gasteiger partial charge in [0.15, 0.2) is 17.1 Å². The molecular formula is C19H19NO4S. The molecule has 2 aromatic heterocycles. The molecule has 0 spiro atoms. The number of carbonyl (C=O) groups is 2. The summed E-state index contributed by atoms with van der Waals surface area (Å²) >= 11 is 1.19. The number of hydrogen-bond acceptors (Lipinski definition) is 5. The zero-order chi connectivity index (χ0) is 18.0. The zero-order valence-electron chi connectivity index (χ0n) is 14.3. The number of furan rings is 1. The molecule has 1 atom stereocenters. The quantitative estimate of drug-likeness (QED) is 0.655. The number of nitrogens with one attached hydrogen (secondary N) is 1. The molecule has 5 nitrogen and oxygen atoms in total. The zero-order valence-corrected chi connectivity index (χ0v) is 15.1. The summed E-state index contributed by atoms with van der Waals surface area (Å²) in [6.07, 6.45) is 0. The number of amides is 1. The summed E-state index contributed by atoms with van der Waals surface area (Å²) in [6.45, 7) is 5.82. The third-order valence-electron chi connectivity index (χ3n) is 3.78. The van der Waals surface area contributed by atoms with Crippen molar-refractivity contribution in [2.75, 3.05) is 6.61 Å². The molecule has 6 heteroatoms. The Kier molecular flexibility index (Phi) is 4.90. The molecule has 1 aromatic carbocycles. The highest BCUT2D eigenvalue weighted by molar-refractivity contribution is 7.15. The summed E-state index contributed by atoms with van der Waals surface area (Å²) in [7, 11) is 0. The van der Waals surface area contributed by atoms with Gasteiger partial charge in [-0.2, -0.15) is 0 Å². The Morgan fingerprint density at radius 1 is 1.24 bits per heavy atom. The van der Waals surface area contributed by atoms with Gasteiger partial charge in [-0.05, 0) is 45.0 Å². The number of ether oxygens (including phenoxy) is 1. The molecule has 3 aromatic rings. The van der Waals surface area contributed by atoms with Crippen molar-refractivity contribution in [3.05, 3.63) is 51.9 Å². The van der Waals surface area contributed by atoms with E-state index in [4.69, 9.17) is 9.15 Å². The molecule has 0 aliphatic heterocycles. The second-order valence-corrected chi connectivity index (χ2v) is 6.76. The van der Waals surface area contributed by atoms with Crippen molar-refractivity contribution < 1.29 is 18.7 Å². The molecule has 130 valence electrons. The van der Waals surface area contributed by atoms with Crippen molar-refractivity contribution in [3.63, 3.8) is 0 Å². The molecule has 0 saturated carbocycles. The molecule has 0 saturated heterocycles. The van der Waals surface area contributed by atoms with Gasteiger partial charge in [0.1, 0.15) is 5.76 Å². The van der Waals surface area contributed by atoms with E-state index >= 15 is 0 Å². The fourth-order valence-electron chi connectivity index (χ4n) is 2.53. The SMILES string of the molecule is CCOc1cccc2cc(C(C)NC(=O)c3ccc(C(C)=O)s3)oc12. The highest BCUT2D eigenvalue weighted by Gasteiger charge is 2.18. The summed E-state index contributed by atoms with van der Waals surface area (Å²) in [4.78, 5) is 24.8. The number of thiophene rings is 1. The van der Waals surface area contributed by atoms with Gasteiger partial charge in [-0.15, -0.1) is 11.3 Å². The second kappa shape index (κ2) is 7.11. The van der Waals surface area contributed by atoms with E-state index in [0.717, 1.165) is 5.39 Å². The summed E-state index contributed by atoms with van der Waals surface area (Å²) in [5.41, 5.74) is 0.676. The average Bonchev–Trinajstić information content (AvgIpc) is 3.23. The van der Waals surface area contributed by atoms with Crippen LogP contribution in [0.3, 0.4) is 0 Å². The number of Topliss-reactive ketones (excluding diaryl/α,β-unsaturated/α-hetero) is 1. The van der Waals surface area contributed by atoms with Crippen LogP contribution in [0.1, 0.15) is 51.9 Å². The molecule has 0 fully saturated rings. The van der Waals surface area contributed by atoms with Crippen molar-refractivity contribution in [1.82, 2.24) is 5.32 Å². The van der Waals surface area contributed by atoms with E-state index in [2.05, 4.69) is 5.32 Å². The topological polar surface area (TPSA) is 68.5 Å². The minimum atomic E-state index is -0.308. The molecule has 0 radical (unpaired) electrons. The first-order valence-electron chi connectivity index (χ1n) is 8.06. The highest BCUT2D eigenvalue weighted by atomic mass is 32.1. The Balaban J connectivity index is 1.79. The summed E-state index contributed by atoms with van der Waals surface area (Å²) in [5, 5.41) is 3.83. The van der Waals surface area contributed by atoms with Gasteiger partial charge in [0.2, 0.25) is 0 Å². The van der Waals surface area contributed by atoms with Crippen molar-refractivity contribution in [2.24, 2.45) is 0 Å². The fourth-order valence-corrected chi connectivity index (χ4v) is 3.33. The molecule has 1 N–H and O–H groups in total. The van der Waals surface area contributed by atoms with Crippen molar-refractivity contribution in [2.45, 2.75) is 26.8 Å². The maximum Gasteiger partial charge on any atom is 0.261 e. The van der Waals surface area contributed by atoms with Crippen LogP contribution in [0.25, 0.3) is 11.0 Å². The molecule has 1 unspecified atom stereocenters. The number of para-hydroxylation sites is 1. The first kappa shape index (κ1) is 17.2. The lowest BCUT2D eigenvalue weighted by atomic mass is 10.2. The van der Waals surface area contributed by atoms with Crippen LogP contribution < -0.4 is 10.1 Å². The van der Waals surface area contributed by atoms with Gasteiger partial charge in [0.05, 0.1) is 22.4 Å². The van der Waals surface area contributed by atoms with Crippen molar-refractivity contribution >= 4 is 34.0 Å². The minimum absolute atomic E-state index is 0.0437. The summed E-state index contributed by atoms with van der Waals surface area (Å²) < 4.78 is 11.5. The van der Waals surface area contributed by atoms with E-state index in [1.807, 2.05) is 38.1 Å². The lowest BCUT2D eigenvalue weighted by Gasteiger charge is -2.10. The van der Waals surface area contributed by atoms with Crippen molar-refractivity contribution in [1.29, 1.82) is 0 Å². The molecule has 0 aliphatic carbocycles. The molecule has 3 rings (SSSR count). The van der Waals surface area contributed by atoms with Crippen LogP contribution in [0.5, 0.6) is 5.75 Å². The second-order valence-electron chi connectivity index (χ2n) is 5.67. The van der Waals surface area contributed by atoms with E-state index in [1.165, 1.54) is 18.3 Å². The Labute approximate surface area is 149 Å². The highest BCUT2D eigenvalue weighted by Crippen LogP contribution is 2.31. The molecular weight excluding hydrogens is 338 g/mol. The van der Waals surface area contributed by atoms with Crippen LogP contribution in [0.2, 0.25) is 0 Å². The lowest BCUT2D eigenvalue weighted by Crippen LogP contribution is -2.25. The lowest BCUT2D eigenvalue weighted by molar-refractivity contribution is 0.0939. The Morgan fingerprint density at radius 3 is 2.68 bits per heavy atom. The Bertz CT molecular complexity index is 925. The third kappa shape index (κ3) is 3.58. The predicted molar refractivity (Wildman–Crippen MR) is 97.6 cm³/mol. The number of fused-ring (bicyclic) bond motifs is 1. The van der Waals surface area contributed by atoms with Crippen LogP contribution in [-0.4, -0.2) is 18.3 Å². The van der Waals surface area contributed by atoms with Gasteiger partial charge in [-0.25, -0.2) is 0 Å². The van der Waals surface area contributed by atoms with E-state index in [0.29, 0.717) is 33.5 Å². The largest absolute Gasteiger partial charge is 0.490 e. The monoisotopic (exact) mass is 357 g/mol. The smallest absolute Gasteiger partial charge is 0.261 e. The first-order valence-corrected chi connectivity index (χ1v) is 8.88. The van der Waals surface area contributed by atoms with Gasteiger partial charge in [0.25, 0.3) is 5.91 Å². The average molecular weight is 357 g/mol.